The molecule has 0 radical (unpaired) electrons. The van der Waals surface area contributed by atoms with Crippen molar-refractivity contribution in [3.63, 3.8) is 0 Å². The molecule has 0 aromatic rings. The van der Waals surface area contributed by atoms with Crippen LogP contribution in [0.3, 0.4) is 0 Å². The highest BCUT2D eigenvalue weighted by molar-refractivity contribution is 5.60. The van der Waals surface area contributed by atoms with Gasteiger partial charge in [0.15, 0.2) is 0 Å². The molecule has 0 fully saturated rings. The van der Waals surface area contributed by atoms with Gasteiger partial charge in [-0.05, 0) is 0 Å². The molecule has 0 aromatic heterocycles. The Hall–Kier alpha value is -0.890. The van der Waals surface area contributed by atoms with Crippen molar-refractivity contribution >= 4 is 6.16 Å². The van der Waals surface area contributed by atoms with Crippen LogP contribution in [0.1, 0.15) is 13.8 Å². The van der Waals surface area contributed by atoms with Crippen LogP contribution in [-0.2, 0) is 9.47 Å². The molecular weight excluding hydrogens is 172 g/mol. The van der Waals surface area contributed by atoms with Gasteiger partial charge in [-0.15, -0.1) is 0 Å². The lowest BCUT2D eigenvalue weighted by Crippen LogP contribution is -2.36. The van der Waals surface area contributed by atoms with E-state index in [9.17, 15) is 4.79 Å². The van der Waals surface area contributed by atoms with Gasteiger partial charge in [0.1, 0.15) is 0 Å². The third kappa shape index (κ3) is 7.22. The SMILES string of the molecule is CC(O)(O)OC(=O)OC(C)(O)O. The first-order valence-electron chi connectivity index (χ1n) is 2.92. The maximum Gasteiger partial charge on any atom is 0.516 e. The molecule has 7 heteroatoms. The van der Waals surface area contributed by atoms with E-state index in [0.29, 0.717) is 0 Å². The van der Waals surface area contributed by atoms with E-state index in [1.807, 2.05) is 0 Å². The molecule has 0 spiro atoms. The molecule has 7 nitrogen and oxygen atoms in total. The fourth-order valence-corrected chi connectivity index (χ4v) is 0.337. The molecule has 4 N–H and O–H groups in total. The largest absolute Gasteiger partial charge is 0.516 e. The lowest BCUT2D eigenvalue weighted by molar-refractivity contribution is -0.338. The van der Waals surface area contributed by atoms with Crippen LogP contribution in [0.15, 0.2) is 0 Å². The van der Waals surface area contributed by atoms with Crippen molar-refractivity contribution in [3.8, 4) is 0 Å². The van der Waals surface area contributed by atoms with Gasteiger partial charge in [0.25, 0.3) is 0 Å². The van der Waals surface area contributed by atoms with Crippen molar-refractivity contribution in [2.24, 2.45) is 0 Å². The summed E-state index contributed by atoms with van der Waals surface area (Å²) in [4.78, 5) is 10.4. The molecule has 12 heavy (non-hydrogen) atoms. The van der Waals surface area contributed by atoms with Crippen molar-refractivity contribution in [1.29, 1.82) is 0 Å². The van der Waals surface area contributed by atoms with Crippen LogP contribution in [0.5, 0.6) is 0 Å². The second kappa shape index (κ2) is 3.23. The summed E-state index contributed by atoms with van der Waals surface area (Å²) in [6, 6.07) is 0. The molecule has 0 aliphatic rings. The third-order valence-electron chi connectivity index (χ3n) is 0.553. The third-order valence-corrected chi connectivity index (χ3v) is 0.553. The Morgan fingerprint density at radius 3 is 1.42 bits per heavy atom. The summed E-state index contributed by atoms with van der Waals surface area (Å²) in [5.74, 6) is -5.41. The Morgan fingerprint density at radius 1 is 1.00 bits per heavy atom. The minimum Gasteiger partial charge on any atom is -0.376 e. The number of hydrogen-bond acceptors (Lipinski definition) is 7. The Kier molecular flexibility index (Phi) is 2.99. The van der Waals surface area contributed by atoms with Crippen LogP contribution in [0.2, 0.25) is 0 Å². The molecule has 0 amide bonds. The first-order chi connectivity index (χ1) is 5.10. The molecule has 0 aliphatic carbocycles. The quantitative estimate of drug-likeness (QED) is 0.302. The molecular formula is C5H10O7. The van der Waals surface area contributed by atoms with E-state index in [0.717, 1.165) is 13.8 Å². The molecule has 0 bridgehead atoms. The van der Waals surface area contributed by atoms with Gasteiger partial charge in [-0.1, -0.05) is 0 Å². The average Bonchev–Trinajstić information content (AvgIpc) is 1.49. The highest BCUT2D eigenvalue weighted by Crippen LogP contribution is 2.06. The Balaban J connectivity index is 3.92. The molecule has 0 aromatic carbocycles. The van der Waals surface area contributed by atoms with E-state index in [2.05, 4.69) is 9.47 Å². The number of carbonyl (C=O) groups excluding carboxylic acids is 1. The number of hydrogen-bond donors (Lipinski definition) is 4. The Morgan fingerprint density at radius 2 is 1.25 bits per heavy atom. The minimum absolute atomic E-state index is 0.750. The van der Waals surface area contributed by atoms with E-state index < -0.39 is 18.1 Å². The summed E-state index contributed by atoms with van der Waals surface area (Å²) in [6.07, 6.45) is -1.62. The van der Waals surface area contributed by atoms with Crippen LogP contribution >= 0.6 is 0 Å². The second-order valence-electron chi connectivity index (χ2n) is 2.32. The molecule has 0 aliphatic heterocycles. The maximum absolute atomic E-state index is 10.4. The van der Waals surface area contributed by atoms with Gasteiger partial charge in [-0.2, -0.15) is 0 Å². The number of ether oxygens (including phenoxy) is 2. The van der Waals surface area contributed by atoms with E-state index in [-0.39, 0.29) is 0 Å². The zero-order chi connectivity index (χ0) is 9.99. The molecule has 72 valence electrons. The summed E-state index contributed by atoms with van der Waals surface area (Å²) in [6.45, 7) is 1.50. The van der Waals surface area contributed by atoms with Crippen molar-refractivity contribution in [1.82, 2.24) is 0 Å². The number of carbonyl (C=O) groups is 1. The van der Waals surface area contributed by atoms with Gasteiger partial charge in [0, 0.05) is 13.8 Å². The maximum atomic E-state index is 10.4. The van der Waals surface area contributed by atoms with Gasteiger partial charge in [-0.3, -0.25) is 0 Å². The zero-order valence-corrected chi connectivity index (χ0v) is 6.51. The van der Waals surface area contributed by atoms with Gasteiger partial charge in [0.2, 0.25) is 0 Å². The van der Waals surface area contributed by atoms with Crippen LogP contribution < -0.4 is 0 Å². The second-order valence-corrected chi connectivity index (χ2v) is 2.32. The Bertz CT molecular complexity index is 144. The van der Waals surface area contributed by atoms with Crippen LogP contribution in [0.4, 0.5) is 4.79 Å². The van der Waals surface area contributed by atoms with Crippen molar-refractivity contribution in [2.75, 3.05) is 0 Å². The first-order valence-corrected chi connectivity index (χ1v) is 2.92. The molecule has 0 saturated heterocycles. The van der Waals surface area contributed by atoms with E-state index in [1.165, 1.54) is 0 Å². The molecule has 0 atom stereocenters. The highest BCUT2D eigenvalue weighted by Gasteiger charge is 2.28. The topological polar surface area (TPSA) is 116 Å². The molecule has 0 unspecified atom stereocenters. The van der Waals surface area contributed by atoms with Crippen LogP contribution in [-0.4, -0.2) is 38.5 Å². The van der Waals surface area contributed by atoms with Gasteiger partial charge < -0.3 is 29.9 Å². The molecule has 0 rings (SSSR count). The van der Waals surface area contributed by atoms with Gasteiger partial charge in [0.05, 0.1) is 0 Å². The number of rotatable bonds is 2. The standard InChI is InChI=1S/C5H10O7/c1-4(7,8)11-3(6)12-5(2,9)10/h7-10H,1-2H3. The lowest BCUT2D eigenvalue weighted by atomic mass is 10.6. The zero-order valence-electron chi connectivity index (χ0n) is 6.51. The predicted molar refractivity (Wildman–Crippen MR) is 33.3 cm³/mol. The summed E-state index contributed by atoms with van der Waals surface area (Å²) in [5.41, 5.74) is 0. The van der Waals surface area contributed by atoms with Crippen LogP contribution in [0.25, 0.3) is 0 Å². The van der Waals surface area contributed by atoms with E-state index in [4.69, 9.17) is 20.4 Å². The fraction of sp³-hybridized carbons (Fsp3) is 0.800. The monoisotopic (exact) mass is 182 g/mol. The van der Waals surface area contributed by atoms with E-state index >= 15 is 0 Å². The average molecular weight is 182 g/mol. The molecule has 0 saturated carbocycles. The normalized spacial score (nSPS) is 12.5. The summed E-state index contributed by atoms with van der Waals surface area (Å²) in [7, 11) is 0. The minimum atomic E-state index is -2.71. The predicted octanol–water partition coefficient (Wildman–Crippen LogP) is -1.54. The summed E-state index contributed by atoms with van der Waals surface area (Å²) in [5, 5.41) is 33.8. The Labute approximate surface area is 67.8 Å². The van der Waals surface area contributed by atoms with Crippen molar-refractivity contribution in [2.45, 2.75) is 25.8 Å². The first kappa shape index (κ1) is 11.1. The lowest BCUT2D eigenvalue weighted by Gasteiger charge is -2.19. The number of aliphatic hydroxyl groups is 4. The summed E-state index contributed by atoms with van der Waals surface area (Å²) >= 11 is 0. The fourth-order valence-electron chi connectivity index (χ4n) is 0.337. The van der Waals surface area contributed by atoms with E-state index in [1.54, 1.807) is 0 Å². The smallest absolute Gasteiger partial charge is 0.376 e. The van der Waals surface area contributed by atoms with Gasteiger partial charge >= 0.3 is 18.1 Å². The molecule has 0 heterocycles. The van der Waals surface area contributed by atoms with Crippen molar-refractivity contribution < 1.29 is 34.7 Å². The van der Waals surface area contributed by atoms with Crippen molar-refractivity contribution in [3.05, 3.63) is 0 Å². The van der Waals surface area contributed by atoms with Crippen LogP contribution in [0, 0.1) is 0 Å². The highest BCUT2D eigenvalue weighted by atomic mass is 16.9. The summed E-state index contributed by atoms with van der Waals surface area (Å²) < 4.78 is 7.49. The van der Waals surface area contributed by atoms with Gasteiger partial charge in [-0.25, -0.2) is 4.79 Å².